The first-order valence-corrected chi connectivity index (χ1v) is 11.5. The number of guanidine groups is 1. The van der Waals surface area contributed by atoms with Crippen LogP contribution in [0.3, 0.4) is 0 Å². The van der Waals surface area contributed by atoms with E-state index in [4.69, 9.17) is 4.42 Å². The van der Waals surface area contributed by atoms with Crippen LogP contribution >= 0.6 is 0 Å². The Morgan fingerprint density at radius 1 is 1.10 bits per heavy atom. The van der Waals surface area contributed by atoms with Gasteiger partial charge in [-0.1, -0.05) is 64.3 Å². The van der Waals surface area contributed by atoms with Crippen LogP contribution < -0.4 is 10.6 Å². The van der Waals surface area contributed by atoms with Gasteiger partial charge in [0, 0.05) is 31.6 Å². The second-order valence-corrected chi connectivity index (χ2v) is 9.62. The van der Waals surface area contributed by atoms with Gasteiger partial charge in [0.15, 0.2) is 5.96 Å². The molecule has 1 aliphatic rings. The summed E-state index contributed by atoms with van der Waals surface area (Å²) in [5.74, 6) is 2.30. The fraction of sp³-hybridized carbons (Fsp3) is 0.600. The zero-order chi connectivity index (χ0) is 22.3. The molecule has 1 aromatic carbocycles. The van der Waals surface area contributed by atoms with Gasteiger partial charge in [-0.15, -0.1) is 0 Å². The maximum atomic E-state index is 5.86. The first-order chi connectivity index (χ1) is 14.9. The minimum Gasteiger partial charge on any atom is -0.443 e. The van der Waals surface area contributed by atoms with E-state index in [9.17, 15) is 0 Å². The van der Waals surface area contributed by atoms with Gasteiger partial charge in [0.05, 0.1) is 12.7 Å². The summed E-state index contributed by atoms with van der Waals surface area (Å²) in [5, 5.41) is 6.74. The van der Waals surface area contributed by atoms with Gasteiger partial charge in [-0.05, 0) is 31.0 Å². The highest BCUT2D eigenvalue weighted by Crippen LogP contribution is 2.24. The van der Waals surface area contributed by atoms with Crippen LogP contribution in [0.5, 0.6) is 0 Å². The summed E-state index contributed by atoms with van der Waals surface area (Å²) in [4.78, 5) is 11.3. The van der Waals surface area contributed by atoms with E-state index < -0.39 is 0 Å². The van der Waals surface area contributed by atoms with Crippen molar-refractivity contribution in [3.8, 4) is 0 Å². The fourth-order valence-electron chi connectivity index (χ4n) is 4.10. The number of rotatable bonds is 7. The molecular weight excluding hydrogens is 386 g/mol. The fourth-order valence-corrected chi connectivity index (χ4v) is 4.10. The van der Waals surface area contributed by atoms with Crippen molar-refractivity contribution in [1.82, 2.24) is 20.5 Å². The number of nitrogens with one attached hydrogen (secondary N) is 2. The number of oxazole rings is 1. The topological polar surface area (TPSA) is 65.7 Å². The largest absolute Gasteiger partial charge is 0.443 e. The molecule has 6 heteroatoms. The SMILES string of the molecule is CN=C(NCc1ncc(C(C)(C)C)o1)NCc1ccccc1CN(C)C1CCCCC1. The number of benzene rings is 1. The Morgan fingerprint density at radius 3 is 2.42 bits per heavy atom. The molecule has 31 heavy (non-hydrogen) atoms. The van der Waals surface area contributed by atoms with Crippen molar-refractivity contribution in [2.45, 2.75) is 84.0 Å². The minimum absolute atomic E-state index is 0.0420. The standard InChI is InChI=1S/C25H39N5O/c1-25(2,3)22-16-27-23(31-22)17-29-24(26-4)28-15-19-11-9-10-12-20(19)18-30(5)21-13-7-6-8-14-21/h9-12,16,21H,6-8,13-15,17-18H2,1-5H3,(H2,26,28,29). The van der Waals surface area contributed by atoms with Crippen LogP contribution in [0.2, 0.25) is 0 Å². The van der Waals surface area contributed by atoms with Crippen molar-refractivity contribution >= 4 is 5.96 Å². The van der Waals surface area contributed by atoms with Gasteiger partial charge < -0.3 is 15.1 Å². The predicted octanol–water partition coefficient (Wildman–Crippen LogP) is 4.60. The number of aromatic nitrogens is 1. The third kappa shape index (κ3) is 6.82. The second kappa shape index (κ2) is 10.8. The van der Waals surface area contributed by atoms with Crippen LogP contribution in [-0.4, -0.2) is 36.0 Å². The third-order valence-electron chi connectivity index (χ3n) is 6.11. The summed E-state index contributed by atoms with van der Waals surface area (Å²) >= 11 is 0. The molecule has 0 spiro atoms. The van der Waals surface area contributed by atoms with Gasteiger partial charge >= 0.3 is 0 Å². The van der Waals surface area contributed by atoms with Crippen LogP contribution in [0.25, 0.3) is 0 Å². The highest BCUT2D eigenvalue weighted by Gasteiger charge is 2.20. The Kier molecular flexibility index (Phi) is 8.13. The Bertz CT molecular complexity index is 846. The molecule has 0 bridgehead atoms. The molecule has 2 aromatic rings. The summed E-state index contributed by atoms with van der Waals surface area (Å²) in [6.45, 7) is 8.58. The van der Waals surface area contributed by atoms with Gasteiger partial charge in [0.25, 0.3) is 0 Å². The summed E-state index contributed by atoms with van der Waals surface area (Å²) < 4.78 is 5.86. The molecule has 1 aliphatic carbocycles. The maximum absolute atomic E-state index is 5.86. The molecule has 6 nitrogen and oxygen atoms in total. The Labute approximate surface area is 187 Å². The summed E-state index contributed by atoms with van der Waals surface area (Å²) in [6, 6.07) is 9.40. The lowest BCUT2D eigenvalue weighted by Gasteiger charge is -2.31. The van der Waals surface area contributed by atoms with Crippen molar-refractivity contribution in [3.05, 3.63) is 53.2 Å². The van der Waals surface area contributed by atoms with Crippen molar-refractivity contribution in [1.29, 1.82) is 0 Å². The van der Waals surface area contributed by atoms with E-state index in [2.05, 4.69) is 77.6 Å². The molecule has 0 aliphatic heterocycles. The molecule has 1 heterocycles. The molecule has 1 aromatic heterocycles. The van der Waals surface area contributed by atoms with Crippen molar-refractivity contribution < 1.29 is 4.42 Å². The zero-order valence-corrected chi connectivity index (χ0v) is 19.9. The molecule has 1 saturated carbocycles. The highest BCUT2D eigenvalue weighted by molar-refractivity contribution is 5.79. The van der Waals surface area contributed by atoms with Gasteiger partial charge in [0.2, 0.25) is 5.89 Å². The number of hydrogen-bond acceptors (Lipinski definition) is 4. The van der Waals surface area contributed by atoms with E-state index in [-0.39, 0.29) is 5.41 Å². The van der Waals surface area contributed by atoms with E-state index >= 15 is 0 Å². The lowest BCUT2D eigenvalue weighted by molar-refractivity contribution is 0.184. The molecule has 0 saturated heterocycles. The average molecular weight is 426 g/mol. The molecule has 0 amide bonds. The van der Waals surface area contributed by atoms with E-state index in [1.807, 2.05) is 6.20 Å². The number of nitrogens with zero attached hydrogens (tertiary/aromatic N) is 3. The molecule has 3 rings (SSSR count). The van der Waals surface area contributed by atoms with Crippen LogP contribution in [-0.2, 0) is 25.0 Å². The van der Waals surface area contributed by atoms with Gasteiger partial charge in [-0.3, -0.25) is 9.89 Å². The van der Waals surface area contributed by atoms with Crippen LogP contribution in [0, 0.1) is 0 Å². The molecule has 0 radical (unpaired) electrons. The van der Waals surface area contributed by atoms with Crippen LogP contribution in [0.1, 0.15) is 75.7 Å². The molecule has 2 N–H and O–H groups in total. The van der Waals surface area contributed by atoms with Gasteiger partial charge in [-0.2, -0.15) is 0 Å². The molecule has 1 fully saturated rings. The van der Waals surface area contributed by atoms with Crippen LogP contribution in [0.4, 0.5) is 0 Å². The first kappa shape index (κ1) is 23.3. The lowest BCUT2D eigenvalue weighted by Crippen LogP contribution is -2.37. The zero-order valence-electron chi connectivity index (χ0n) is 19.9. The van der Waals surface area contributed by atoms with E-state index in [0.717, 1.165) is 24.8 Å². The Hall–Kier alpha value is -2.34. The summed E-state index contributed by atoms with van der Waals surface area (Å²) in [5.41, 5.74) is 2.64. The van der Waals surface area contributed by atoms with Gasteiger partial charge in [-0.25, -0.2) is 4.98 Å². The van der Waals surface area contributed by atoms with Gasteiger partial charge in [0.1, 0.15) is 5.76 Å². The predicted molar refractivity (Wildman–Crippen MR) is 127 cm³/mol. The van der Waals surface area contributed by atoms with E-state index in [0.29, 0.717) is 18.5 Å². The van der Waals surface area contributed by atoms with Crippen molar-refractivity contribution in [3.63, 3.8) is 0 Å². The first-order valence-electron chi connectivity index (χ1n) is 11.5. The normalized spacial score (nSPS) is 16.0. The van der Waals surface area contributed by atoms with E-state index in [1.54, 1.807) is 7.05 Å². The Balaban J connectivity index is 1.54. The lowest BCUT2D eigenvalue weighted by atomic mass is 9.94. The maximum Gasteiger partial charge on any atom is 0.213 e. The molecule has 0 unspecified atom stereocenters. The van der Waals surface area contributed by atoms with E-state index in [1.165, 1.54) is 43.2 Å². The quantitative estimate of drug-likeness (QED) is 0.501. The Morgan fingerprint density at radius 2 is 1.77 bits per heavy atom. The average Bonchev–Trinajstić information content (AvgIpc) is 3.25. The summed E-state index contributed by atoms with van der Waals surface area (Å²) in [7, 11) is 4.05. The third-order valence-corrected chi connectivity index (χ3v) is 6.11. The molecule has 170 valence electrons. The smallest absolute Gasteiger partial charge is 0.213 e. The minimum atomic E-state index is -0.0420. The van der Waals surface area contributed by atoms with Crippen molar-refractivity contribution in [2.24, 2.45) is 4.99 Å². The monoisotopic (exact) mass is 425 g/mol. The number of aliphatic imine (C=N–C) groups is 1. The van der Waals surface area contributed by atoms with Crippen molar-refractivity contribution in [2.75, 3.05) is 14.1 Å². The summed E-state index contributed by atoms with van der Waals surface area (Å²) in [6.07, 6.45) is 8.58. The molecule has 0 atom stereocenters. The number of hydrogen-bond donors (Lipinski definition) is 2. The van der Waals surface area contributed by atoms with Crippen LogP contribution in [0.15, 0.2) is 39.9 Å². The second-order valence-electron chi connectivity index (χ2n) is 9.62. The highest BCUT2D eigenvalue weighted by atomic mass is 16.4. The molecular formula is C25H39N5O.